The summed E-state index contributed by atoms with van der Waals surface area (Å²) in [4.78, 5) is 22.6. The van der Waals surface area contributed by atoms with Gasteiger partial charge in [0.25, 0.3) is 0 Å². The SMILES string of the molecule is CC1CCCC(CNc2cc(C(N)=O)cc(C(N)=O)c2)C1. The average molecular weight is 289 g/mol. The Balaban J connectivity index is 2.08. The number of primary amides is 2. The quantitative estimate of drug-likeness (QED) is 0.774. The summed E-state index contributed by atoms with van der Waals surface area (Å²) < 4.78 is 0. The van der Waals surface area contributed by atoms with E-state index < -0.39 is 11.8 Å². The molecule has 5 nitrogen and oxygen atoms in total. The lowest BCUT2D eigenvalue weighted by molar-refractivity contribution is 0.0999. The summed E-state index contributed by atoms with van der Waals surface area (Å²) in [6.07, 6.45) is 5.00. The zero-order valence-corrected chi connectivity index (χ0v) is 12.4. The van der Waals surface area contributed by atoms with Gasteiger partial charge in [0.15, 0.2) is 0 Å². The largest absolute Gasteiger partial charge is 0.385 e. The van der Waals surface area contributed by atoms with E-state index in [1.807, 2.05) is 0 Å². The standard InChI is InChI=1S/C16H23N3O2/c1-10-3-2-4-11(5-10)9-19-14-7-12(15(17)20)6-13(8-14)16(18)21/h6-8,10-11,19H,2-5,9H2,1H3,(H2,17,20)(H2,18,21). The normalized spacial score (nSPS) is 21.8. The number of hydrogen-bond acceptors (Lipinski definition) is 3. The Morgan fingerprint density at radius 3 is 2.29 bits per heavy atom. The summed E-state index contributed by atoms with van der Waals surface area (Å²) in [7, 11) is 0. The van der Waals surface area contributed by atoms with E-state index in [0.29, 0.717) is 17.0 Å². The van der Waals surface area contributed by atoms with Crippen molar-refractivity contribution in [3.05, 3.63) is 29.3 Å². The molecular formula is C16H23N3O2. The summed E-state index contributed by atoms with van der Waals surface area (Å²) in [6, 6.07) is 4.76. The number of nitrogens with one attached hydrogen (secondary N) is 1. The maximum atomic E-state index is 11.3. The van der Waals surface area contributed by atoms with E-state index in [4.69, 9.17) is 11.5 Å². The number of benzene rings is 1. The maximum absolute atomic E-state index is 11.3. The minimum atomic E-state index is -0.563. The van der Waals surface area contributed by atoms with Gasteiger partial charge >= 0.3 is 0 Å². The first kappa shape index (κ1) is 15.4. The van der Waals surface area contributed by atoms with Crippen molar-refractivity contribution in [1.29, 1.82) is 0 Å². The highest BCUT2D eigenvalue weighted by atomic mass is 16.1. The second-order valence-electron chi connectivity index (χ2n) is 6.05. The number of amides is 2. The van der Waals surface area contributed by atoms with Gasteiger partial charge in [0.05, 0.1) is 0 Å². The van der Waals surface area contributed by atoms with Gasteiger partial charge in [0.2, 0.25) is 11.8 Å². The molecule has 2 atom stereocenters. The molecular weight excluding hydrogens is 266 g/mol. The van der Waals surface area contributed by atoms with E-state index in [1.165, 1.54) is 31.7 Å². The summed E-state index contributed by atoms with van der Waals surface area (Å²) in [5.41, 5.74) is 11.9. The molecule has 0 bridgehead atoms. The maximum Gasteiger partial charge on any atom is 0.248 e. The number of hydrogen-bond donors (Lipinski definition) is 3. The van der Waals surface area contributed by atoms with Crippen LogP contribution in [0.15, 0.2) is 18.2 Å². The molecule has 1 aromatic rings. The molecule has 2 rings (SSSR count). The number of carbonyl (C=O) groups excluding carboxylic acids is 2. The van der Waals surface area contributed by atoms with E-state index in [-0.39, 0.29) is 0 Å². The molecule has 114 valence electrons. The van der Waals surface area contributed by atoms with Gasteiger partial charge in [-0.2, -0.15) is 0 Å². The molecule has 0 radical (unpaired) electrons. The molecule has 2 unspecified atom stereocenters. The summed E-state index contributed by atoms with van der Waals surface area (Å²) in [5, 5.41) is 3.31. The van der Waals surface area contributed by atoms with Gasteiger partial charge in [0, 0.05) is 23.4 Å². The van der Waals surface area contributed by atoms with Gasteiger partial charge in [-0.3, -0.25) is 9.59 Å². The minimum Gasteiger partial charge on any atom is -0.385 e. The third kappa shape index (κ3) is 4.21. The van der Waals surface area contributed by atoms with Crippen molar-refractivity contribution in [3.63, 3.8) is 0 Å². The predicted molar refractivity (Wildman–Crippen MR) is 83.1 cm³/mol. The van der Waals surface area contributed by atoms with Crippen LogP contribution in [0.2, 0.25) is 0 Å². The highest BCUT2D eigenvalue weighted by Gasteiger charge is 2.18. The molecule has 1 saturated carbocycles. The van der Waals surface area contributed by atoms with Crippen molar-refractivity contribution in [2.75, 3.05) is 11.9 Å². The van der Waals surface area contributed by atoms with Crippen molar-refractivity contribution >= 4 is 17.5 Å². The topological polar surface area (TPSA) is 98.2 Å². The first-order valence-electron chi connectivity index (χ1n) is 7.44. The van der Waals surface area contributed by atoms with Gasteiger partial charge in [-0.15, -0.1) is 0 Å². The molecule has 1 fully saturated rings. The van der Waals surface area contributed by atoms with Gasteiger partial charge < -0.3 is 16.8 Å². The Hall–Kier alpha value is -2.04. The smallest absolute Gasteiger partial charge is 0.248 e. The van der Waals surface area contributed by atoms with Crippen LogP contribution in [0.5, 0.6) is 0 Å². The van der Waals surface area contributed by atoms with E-state index in [2.05, 4.69) is 12.2 Å². The molecule has 1 aliphatic rings. The molecule has 0 aliphatic heterocycles. The second kappa shape index (κ2) is 6.61. The zero-order valence-electron chi connectivity index (χ0n) is 12.4. The lowest BCUT2D eigenvalue weighted by atomic mass is 9.82. The van der Waals surface area contributed by atoms with E-state index in [0.717, 1.165) is 18.2 Å². The summed E-state index contributed by atoms with van der Waals surface area (Å²) in [5.74, 6) is 0.270. The molecule has 0 spiro atoms. The number of carbonyl (C=O) groups is 2. The van der Waals surface area contributed by atoms with E-state index in [9.17, 15) is 9.59 Å². The van der Waals surface area contributed by atoms with Crippen LogP contribution in [-0.2, 0) is 0 Å². The van der Waals surface area contributed by atoms with Crippen LogP contribution >= 0.6 is 0 Å². The Morgan fingerprint density at radius 2 is 1.76 bits per heavy atom. The lowest BCUT2D eigenvalue weighted by Gasteiger charge is -2.27. The Labute approximate surface area is 125 Å². The fourth-order valence-electron chi connectivity index (χ4n) is 3.02. The highest BCUT2D eigenvalue weighted by molar-refractivity contribution is 5.99. The molecule has 2 amide bonds. The number of nitrogens with two attached hydrogens (primary N) is 2. The van der Waals surface area contributed by atoms with Gasteiger partial charge in [-0.25, -0.2) is 0 Å². The third-order valence-corrected chi connectivity index (χ3v) is 4.14. The van der Waals surface area contributed by atoms with Crippen LogP contribution in [0, 0.1) is 11.8 Å². The monoisotopic (exact) mass is 289 g/mol. The number of anilines is 1. The Morgan fingerprint density at radius 1 is 1.14 bits per heavy atom. The molecule has 1 aromatic carbocycles. The predicted octanol–water partition coefficient (Wildman–Crippen LogP) is 2.12. The Bertz CT molecular complexity index is 510. The Kier molecular flexibility index (Phi) is 4.83. The molecule has 0 aromatic heterocycles. The van der Waals surface area contributed by atoms with Gasteiger partial charge in [0.1, 0.15) is 0 Å². The van der Waals surface area contributed by atoms with Crippen LogP contribution in [0.25, 0.3) is 0 Å². The van der Waals surface area contributed by atoms with Gasteiger partial charge in [-0.1, -0.05) is 19.8 Å². The molecule has 21 heavy (non-hydrogen) atoms. The van der Waals surface area contributed by atoms with Crippen LogP contribution in [0.4, 0.5) is 5.69 Å². The first-order valence-corrected chi connectivity index (χ1v) is 7.44. The third-order valence-electron chi connectivity index (χ3n) is 4.14. The van der Waals surface area contributed by atoms with E-state index in [1.54, 1.807) is 12.1 Å². The van der Waals surface area contributed by atoms with E-state index >= 15 is 0 Å². The second-order valence-corrected chi connectivity index (χ2v) is 6.05. The zero-order chi connectivity index (χ0) is 15.4. The van der Waals surface area contributed by atoms with Gasteiger partial charge in [-0.05, 0) is 42.9 Å². The summed E-state index contributed by atoms with van der Waals surface area (Å²) in [6.45, 7) is 3.12. The highest BCUT2D eigenvalue weighted by Crippen LogP contribution is 2.28. The minimum absolute atomic E-state index is 0.297. The fourth-order valence-corrected chi connectivity index (χ4v) is 3.02. The molecule has 1 aliphatic carbocycles. The van der Waals surface area contributed by atoms with Crippen LogP contribution in [0.1, 0.15) is 53.3 Å². The fraction of sp³-hybridized carbons (Fsp3) is 0.500. The van der Waals surface area contributed by atoms with Crippen LogP contribution in [-0.4, -0.2) is 18.4 Å². The number of rotatable bonds is 5. The van der Waals surface area contributed by atoms with Crippen molar-refractivity contribution < 1.29 is 9.59 Å². The first-order chi connectivity index (χ1) is 9.95. The molecule has 0 heterocycles. The van der Waals surface area contributed by atoms with Crippen LogP contribution in [0.3, 0.4) is 0 Å². The molecule has 5 N–H and O–H groups in total. The van der Waals surface area contributed by atoms with Crippen molar-refractivity contribution in [2.45, 2.75) is 32.6 Å². The van der Waals surface area contributed by atoms with Crippen LogP contribution < -0.4 is 16.8 Å². The van der Waals surface area contributed by atoms with Crippen molar-refractivity contribution in [2.24, 2.45) is 23.3 Å². The average Bonchev–Trinajstić information content (AvgIpc) is 2.45. The lowest BCUT2D eigenvalue weighted by Crippen LogP contribution is -2.22. The molecule has 5 heteroatoms. The molecule has 0 saturated heterocycles. The van der Waals surface area contributed by atoms with Crippen molar-refractivity contribution in [1.82, 2.24) is 0 Å². The summed E-state index contributed by atoms with van der Waals surface area (Å²) >= 11 is 0. The van der Waals surface area contributed by atoms with Crippen molar-refractivity contribution in [3.8, 4) is 0 Å².